The third-order valence-electron chi connectivity index (χ3n) is 0.907. The van der Waals surface area contributed by atoms with Gasteiger partial charge in [-0.25, -0.2) is 4.39 Å². The number of Topliss-reactive ketones (excluding diaryl/α,β-unsaturated/α-hetero) is 1. The molecule has 2 nitrogen and oxygen atoms in total. The van der Waals surface area contributed by atoms with Crippen LogP contribution in [0.2, 0.25) is 0 Å². The number of nitrogens with zero attached hydrogens (tertiary/aromatic N) is 1. The molecule has 0 saturated heterocycles. The molecule has 0 N–H and O–H groups in total. The first-order valence-corrected chi connectivity index (χ1v) is 2.22. The van der Waals surface area contributed by atoms with Gasteiger partial charge in [-0.1, -0.05) is 0 Å². The van der Waals surface area contributed by atoms with Crippen LogP contribution >= 0.6 is 0 Å². The van der Waals surface area contributed by atoms with Crippen molar-refractivity contribution in [2.75, 3.05) is 13.2 Å². The van der Waals surface area contributed by atoms with Crippen molar-refractivity contribution >= 4 is 5.78 Å². The maximum atomic E-state index is 11.6. The normalized spacial score (nSPS) is 18.1. The van der Waals surface area contributed by atoms with Crippen LogP contribution in [0.1, 0.15) is 0 Å². The number of carbonyl (C=O) groups excluding carboxylic acids is 1. The lowest BCUT2D eigenvalue weighted by Gasteiger charge is -1.83. The first kappa shape index (κ1) is 5.28. The van der Waals surface area contributed by atoms with Gasteiger partial charge >= 0.3 is 0 Å². The molecule has 1 heterocycles. The van der Waals surface area contributed by atoms with Crippen molar-refractivity contribution in [3.05, 3.63) is 11.8 Å². The monoisotopic (exact) mass is 113 g/mol. The molecule has 1 aliphatic rings. The lowest BCUT2D eigenvalue weighted by molar-refractivity contribution is -0.114. The van der Waals surface area contributed by atoms with Gasteiger partial charge in [-0.05, 0) is 0 Å². The standard InChI is InChI=1S/C5H4FNO/c6-1-4-2-7-3-5(4)8/h1,3H2. The number of carbonyl (C=O) groups is 1. The van der Waals surface area contributed by atoms with Gasteiger partial charge in [0.05, 0.1) is 11.8 Å². The lowest BCUT2D eigenvalue weighted by atomic mass is 10.2. The van der Waals surface area contributed by atoms with Crippen molar-refractivity contribution in [3.8, 4) is 0 Å². The largest absolute Gasteiger partial charge is 0.292 e. The first-order valence-electron chi connectivity index (χ1n) is 2.22. The predicted octanol–water partition coefficient (Wildman–Crippen LogP) is -0.170. The summed E-state index contributed by atoms with van der Waals surface area (Å²) in [6.07, 6.45) is 2.27. The number of hydrogen-bond donors (Lipinski definition) is 0. The van der Waals surface area contributed by atoms with Crippen molar-refractivity contribution in [2.24, 2.45) is 0 Å². The molecule has 0 aliphatic carbocycles. The van der Waals surface area contributed by atoms with Gasteiger partial charge in [-0.3, -0.25) is 10.1 Å². The van der Waals surface area contributed by atoms with Gasteiger partial charge in [-0.2, -0.15) is 0 Å². The third kappa shape index (κ3) is 0.710. The van der Waals surface area contributed by atoms with Crippen LogP contribution in [-0.2, 0) is 4.79 Å². The Morgan fingerprint density at radius 1 is 1.88 bits per heavy atom. The van der Waals surface area contributed by atoms with E-state index in [-0.39, 0.29) is 17.9 Å². The van der Waals surface area contributed by atoms with Gasteiger partial charge < -0.3 is 0 Å². The number of rotatable bonds is 1. The predicted molar refractivity (Wildman–Crippen MR) is 24.7 cm³/mol. The minimum atomic E-state index is -0.734. The molecule has 0 aromatic heterocycles. The van der Waals surface area contributed by atoms with E-state index in [1.165, 1.54) is 0 Å². The third-order valence-corrected chi connectivity index (χ3v) is 0.907. The molecular formula is C5H4FNO. The summed E-state index contributed by atoms with van der Waals surface area (Å²) in [5.41, 5.74) is 0.0741. The van der Waals surface area contributed by atoms with E-state index in [2.05, 4.69) is 11.5 Å². The summed E-state index contributed by atoms with van der Waals surface area (Å²) < 4.78 is 11.6. The Morgan fingerprint density at radius 2 is 2.62 bits per heavy atom. The Hall–Kier alpha value is -0.860. The highest BCUT2D eigenvalue weighted by atomic mass is 19.1. The van der Waals surface area contributed by atoms with Crippen molar-refractivity contribution in [2.45, 2.75) is 0 Å². The summed E-state index contributed by atoms with van der Waals surface area (Å²) in [7, 11) is 0. The Balaban J connectivity index is 2.62. The van der Waals surface area contributed by atoms with Crippen LogP contribution < -0.4 is 5.32 Å². The van der Waals surface area contributed by atoms with Crippen molar-refractivity contribution < 1.29 is 9.18 Å². The van der Waals surface area contributed by atoms with Crippen LogP contribution in [-0.4, -0.2) is 19.0 Å². The second kappa shape index (κ2) is 1.94. The fraction of sp³-hybridized carbons (Fsp3) is 0.400. The molecule has 42 valence electrons. The fourth-order valence-electron chi connectivity index (χ4n) is 0.469. The molecule has 0 aromatic carbocycles. The fourth-order valence-corrected chi connectivity index (χ4v) is 0.469. The van der Waals surface area contributed by atoms with Crippen molar-refractivity contribution in [1.29, 1.82) is 0 Å². The van der Waals surface area contributed by atoms with E-state index in [0.29, 0.717) is 0 Å². The van der Waals surface area contributed by atoms with Crippen LogP contribution in [0.15, 0.2) is 5.57 Å². The van der Waals surface area contributed by atoms with Gasteiger partial charge in [0.1, 0.15) is 13.2 Å². The smallest absolute Gasteiger partial charge is 0.185 e. The van der Waals surface area contributed by atoms with Crippen molar-refractivity contribution in [1.82, 2.24) is 5.32 Å². The van der Waals surface area contributed by atoms with Crippen molar-refractivity contribution in [3.63, 3.8) is 0 Å². The molecule has 0 aromatic rings. The van der Waals surface area contributed by atoms with E-state index in [1.807, 2.05) is 0 Å². The molecule has 1 aliphatic heterocycles. The Labute approximate surface area is 46.4 Å². The zero-order valence-electron chi connectivity index (χ0n) is 4.15. The highest BCUT2D eigenvalue weighted by Crippen LogP contribution is 2.00. The SMILES string of the molecule is O=C1C[N][C]=C1CF. The van der Waals surface area contributed by atoms with Gasteiger partial charge in [-0.15, -0.1) is 0 Å². The second-order valence-electron chi connectivity index (χ2n) is 1.46. The topological polar surface area (TPSA) is 31.2 Å². The summed E-state index contributed by atoms with van der Waals surface area (Å²) in [4.78, 5) is 10.4. The molecule has 0 fully saturated rings. The van der Waals surface area contributed by atoms with Crippen LogP contribution in [0, 0.1) is 6.20 Å². The second-order valence-corrected chi connectivity index (χ2v) is 1.46. The van der Waals surface area contributed by atoms with E-state index in [9.17, 15) is 9.18 Å². The highest BCUT2D eigenvalue weighted by Gasteiger charge is 2.15. The quantitative estimate of drug-likeness (QED) is 0.464. The molecule has 3 heteroatoms. The molecule has 0 saturated carbocycles. The molecule has 1 rings (SSSR count). The molecule has 0 amide bonds. The Kier molecular flexibility index (Phi) is 1.28. The molecule has 0 bridgehead atoms. The summed E-state index contributed by atoms with van der Waals surface area (Å²) in [5, 5.41) is 3.44. The minimum absolute atomic E-state index is 0.0741. The average Bonchev–Trinajstić information content (AvgIpc) is 2.14. The van der Waals surface area contributed by atoms with E-state index < -0.39 is 6.67 Å². The molecule has 2 radical (unpaired) electrons. The van der Waals surface area contributed by atoms with E-state index in [4.69, 9.17) is 0 Å². The number of hydrogen-bond acceptors (Lipinski definition) is 1. The molecule has 0 spiro atoms. The van der Waals surface area contributed by atoms with Gasteiger partial charge in [0.25, 0.3) is 0 Å². The summed E-state index contributed by atoms with van der Waals surface area (Å²) in [6, 6.07) is 0. The first-order chi connectivity index (χ1) is 3.84. The molecule has 0 atom stereocenters. The van der Waals surface area contributed by atoms with E-state index in [1.54, 1.807) is 0 Å². The maximum absolute atomic E-state index is 11.6. The zero-order valence-corrected chi connectivity index (χ0v) is 4.15. The average molecular weight is 113 g/mol. The number of alkyl halides is 1. The van der Waals surface area contributed by atoms with Gasteiger partial charge in [0.2, 0.25) is 0 Å². The Bertz CT molecular complexity index is 141. The number of halogens is 1. The summed E-state index contributed by atoms with van der Waals surface area (Å²) in [6.45, 7) is -0.651. The highest BCUT2D eigenvalue weighted by molar-refractivity contribution is 5.98. The maximum Gasteiger partial charge on any atom is 0.185 e. The molecule has 0 unspecified atom stereocenters. The van der Waals surface area contributed by atoms with Gasteiger partial charge in [0.15, 0.2) is 5.78 Å². The number of ketones is 1. The van der Waals surface area contributed by atoms with Gasteiger partial charge in [0, 0.05) is 0 Å². The molecule has 8 heavy (non-hydrogen) atoms. The Morgan fingerprint density at radius 3 is 2.88 bits per heavy atom. The van der Waals surface area contributed by atoms with Crippen LogP contribution in [0.5, 0.6) is 0 Å². The zero-order chi connectivity index (χ0) is 5.98. The van der Waals surface area contributed by atoms with E-state index in [0.717, 1.165) is 0 Å². The summed E-state index contributed by atoms with van der Waals surface area (Å²) in [5.74, 6) is -0.243. The molecular weight excluding hydrogens is 109 g/mol. The lowest BCUT2D eigenvalue weighted by Crippen LogP contribution is -2.04. The van der Waals surface area contributed by atoms with E-state index >= 15 is 0 Å². The van der Waals surface area contributed by atoms with Crippen LogP contribution in [0.3, 0.4) is 0 Å². The summed E-state index contributed by atoms with van der Waals surface area (Å²) >= 11 is 0. The minimum Gasteiger partial charge on any atom is -0.292 e. The van der Waals surface area contributed by atoms with Crippen LogP contribution in [0.25, 0.3) is 0 Å². The van der Waals surface area contributed by atoms with Crippen LogP contribution in [0.4, 0.5) is 4.39 Å².